The van der Waals surface area contributed by atoms with E-state index in [1.54, 1.807) is 0 Å². The van der Waals surface area contributed by atoms with E-state index < -0.39 is 0 Å². The first kappa shape index (κ1) is 11.8. The fourth-order valence-electron chi connectivity index (χ4n) is 2.35. The van der Waals surface area contributed by atoms with Gasteiger partial charge in [-0.05, 0) is 18.9 Å². The van der Waals surface area contributed by atoms with Crippen molar-refractivity contribution in [2.24, 2.45) is 5.92 Å². The third-order valence-electron chi connectivity index (χ3n) is 3.42. The Morgan fingerprint density at radius 3 is 2.47 bits per heavy atom. The third kappa shape index (κ3) is 3.70. The molecule has 88 valence electrons. The molecule has 2 aliphatic heterocycles. The highest BCUT2D eigenvalue weighted by Crippen LogP contribution is 2.17. The molecule has 2 heterocycles. The monoisotopic (exact) mass is 276 g/mol. The lowest BCUT2D eigenvalue weighted by Gasteiger charge is -2.28. The van der Waals surface area contributed by atoms with Gasteiger partial charge in [-0.1, -0.05) is 15.9 Å². The van der Waals surface area contributed by atoms with Gasteiger partial charge in [0.1, 0.15) is 0 Å². The number of halogens is 1. The maximum absolute atomic E-state index is 5.34. The molecule has 2 aliphatic rings. The van der Waals surface area contributed by atoms with E-state index in [-0.39, 0.29) is 0 Å². The Balaban J connectivity index is 1.61. The predicted octanol–water partition coefficient (Wildman–Crippen LogP) is 1.04. The van der Waals surface area contributed by atoms with E-state index in [1.807, 2.05) is 0 Å². The Hall–Kier alpha value is 0.360. The third-order valence-corrected chi connectivity index (χ3v) is 4.34. The van der Waals surface area contributed by atoms with Gasteiger partial charge in [0.05, 0.1) is 13.2 Å². The van der Waals surface area contributed by atoms with Gasteiger partial charge in [-0.2, -0.15) is 0 Å². The van der Waals surface area contributed by atoms with Gasteiger partial charge in [-0.25, -0.2) is 0 Å². The van der Waals surface area contributed by atoms with Crippen LogP contribution in [0.25, 0.3) is 0 Å². The average Bonchev–Trinajstić information content (AvgIpc) is 2.76. The Kier molecular flexibility index (Phi) is 4.88. The van der Waals surface area contributed by atoms with Crippen LogP contribution in [-0.2, 0) is 4.74 Å². The molecule has 0 bridgehead atoms. The highest BCUT2D eigenvalue weighted by atomic mass is 79.9. The second-order valence-corrected chi connectivity index (χ2v) is 5.21. The van der Waals surface area contributed by atoms with Crippen molar-refractivity contribution in [3.8, 4) is 0 Å². The van der Waals surface area contributed by atoms with E-state index in [0.717, 1.165) is 32.2 Å². The van der Waals surface area contributed by atoms with Crippen molar-refractivity contribution in [1.29, 1.82) is 0 Å². The van der Waals surface area contributed by atoms with Crippen molar-refractivity contribution in [3.05, 3.63) is 0 Å². The van der Waals surface area contributed by atoms with Gasteiger partial charge in [0.15, 0.2) is 0 Å². The summed E-state index contributed by atoms with van der Waals surface area (Å²) in [5, 5.41) is 1.17. The molecule has 4 heteroatoms. The molecule has 15 heavy (non-hydrogen) atoms. The first-order valence-electron chi connectivity index (χ1n) is 5.97. The van der Waals surface area contributed by atoms with Crippen molar-refractivity contribution in [2.75, 3.05) is 57.8 Å². The van der Waals surface area contributed by atoms with Gasteiger partial charge in [-0.15, -0.1) is 0 Å². The van der Waals surface area contributed by atoms with Gasteiger partial charge >= 0.3 is 0 Å². The summed E-state index contributed by atoms with van der Waals surface area (Å²) in [6.45, 7) is 9.12. The standard InChI is InChI=1S/C11H21BrN2O/c12-9-11-1-2-14(10-11)4-3-13-5-7-15-8-6-13/h11H,1-10H2. The van der Waals surface area contributed by atoms with Gasteiger partial charge in [-0.3, -0.25) is 4.90 Å². The fraction of sp³-hybridized carbons (Fsp3) is 1.00. The van der Waals surface area contributed by atoms with Crippen LogP contribution in [-0.4, -0.2) is 67.6 Å². The molecule has 0 spiro atoms. The van der Waals surface area contributed by atoms with Crippen molar-refractivity contribution in [3.63, 3.8) is 0 Å². The van der Waals surface area contributed by atoms with Gasteiger partial charge < -0.3 is 9.64 Å². The summed E-state index contributed by atoms with van der Waals surface area (Å²) in [6, 6.07) is 0. The maximum atomic E-state index is 5.34. The second kappa shape index (κ2) is 6.18. The summed E-state index contributed by atoms with van der Waals surface area (Å²) < 4.78 is 5.34. The highest BCUT2D eigenvalue weighted by molar-refractivity contribution is 9.09. The SMILES string of the molecule is BrCC1CCN(CCN2CCOCC2)C1. The number of hydrogen-bond donors (Lipinski definition) is 0. The van der Waals surface area contributed by atoms with Crippen LogP contribution in [0.15, 0.2) is 0 Å². The Bertz CT molecular complexity index is 185. The van der Waals surface area contributed by atoms with E-state index in [1.165, 1.54) is 37.9 Å². The molecule has 2 saturated heterocycles. The maximum Gasteiger partial charge on any atom is 0.0594 e. The molecule has 0 N–H and O–H groups in total. The Labute approximate surface area is 101 Å². The van der Waals surface area contributed by atoms with E-state index in [2.05, 4.69) is 25.7 Å². The number of likely N-dealkylation sites (tertiary alicyclic amines) is 1. The van der Waals surface area contributed by atoms with E-state index in [9.17, 15) is 0 Å². The zero-order valence-corrected chi connectivity index (χ0v) is 10.9. The molecule has 0 aromatic carbocycles. The molecular weight excluding hydrogens is 256 g/mol. The number of alkyl halides is 1. The van der Waals surface area contributed by atoms with E-state index in [4.69, 9.17) is 4.74 Å². The number of hydrogen-bond acceptors (Lipinski definition) is 3. The van der Waals surface area contributed by atoms with E-state index >= 15 is 0 Å². The first-order chi connectivity index (χ1) is 7.38. The summed E-state index contributed by atoms with van der Waals surface area (Å²) >= 11 is 3.58. The van der Waals surface area contributed by atoms with Crippen LogP contribution < -0.4 is 0 Å². The van der Waals surface area contributed by atoms with Crippen LogP contribution >= 0.6 is 15.9 Å². The minimum absolute atomic E-state index is 0.884. The molecule has 2 fully saturated rings. The number of rotatable bonds is 4. The topological polar surface area (TPSA) is 15.7 Å². The lowest BCUT2D eigenvalue weighted by atomic mass is 10.2. The highest BCUT2D eigenvalue weighted by Gasteiger charge is 2.21. The molecule has 2 rings (SSSR count). The van der Waals surface area contributed by atoms with Crippen LogP contribution in [0.2, 0.25) is 0 Å². The minimum atomic E-state index is 0.884. The zero-order valence-electron chi connectivity index (χ0n) is 9.33. The molecule has 3 nitrogen and oxygen atoms in total. The van der Waals surface area contributed by atoms with Gasteiger partial charge in [0, 0.05) is 38.1 Å². The first-order valence-corrected chi connectivity index (χ1v) is 7.09. The average molecular weight is 277 g/mol. The van der Waals surface area contributed by atoms with Crippen molar-refractivity contribution >= 4 is 15.9 Å². The largest absolute Gasteiger partial charge is 0.379 e. The van der Waals surface area contributed by atoms with Gasteiger partial charge in [0.25, 0.3) is 0 Å². The van der Waals surface area contributed by atoms with Crippen LogP contribution in [0, 0.1) is 5.92 Å². The lowest BCUT2D eigenvalue weighted by molar-refractivity contribution is 0.0343. The second-order valence-electron chi connectivity index (χ2n) is 4.56. The number of ether oxygens (including phenoxy) is 1. The lowest BCUT2D eigenvalue weighted by Crippen LogP contribution is -2.41. The Morgan fingerprint density at radius 1 is 1.07 bits per heavy atom. The minimum Gasteiger partial charge on any atom is -0.379 e. The summed E-state index contributed by atoms with van der Waals surface area (Å²) in [4.78, 5) is 5.12. The molecule has 0 aromatic heterocycles. The number of nitrogens with zero attached hydrogens (tertiary/aromatic N) is 2. The van der Waals surface area contributed by atoms with Crippen molar-refractivity contribution in [1.82, 2.24) is 9.80 Å². The molecule has 0 amide bonds. The fourth-order valence-corrected chi connectivity index (χ4v) is 2.88. The van der Waals surface area contributed by atoms with E-state index in [0.29, 0.717) is 0 Å². The molecule has 0 radical (unpaired) electrons. The van der Waals surface area contributed by atoms with Gasteiger partial charge in [0.2, 0.25) is 0 Å². The quantitative estimate of drug-likeness (QED) is 0.714. The van der Waals surface area contributed by atoms with Crippen LogP contribution in [0.3, 0.4) is 0 Å². The summed E-state index contributed by atoms with van der Waals surface area (Å²) in [6.07, 6.45) is 1.37. The van der Waals surface area contributed by atoms with Crippen LogP contribution in [0.5, 0.6) is 0 Å². The van der Waals surface area contributed by atoms with Crippen LogP contribution in [0.4, 0.5) is 0 Å². The molecule has 1 unspecified atom stereocenters. The predicted molar refractivity (Wildman–Crippen MR) is 65.6 cm³/mol. The van der Waals surface area contributed by atoms with Crippen LogP contribution in [0.1, 0.15) is 6.42 Å². The molecule has 0 saturated carbocycles. The molecular formula is C11H21BrN2O. The molecule has 1 atom stereocenters. The normalized spacial score (nSPS) is 29.8. The molecule has 0 aliphatic carbocycles. The zero-order chi connectivity index (χ0) is 10.5. The smallest absolute Gasteiger partial charge is 0.0594 e. The van der Waals surface area contributed by atoms with Crippen molar-refractivity contribution < 1.29 is 4.74 Å². The summed E-state index contributed by atoms with van der Waals surface area (Å²) in [5.74, 6) is 0.884. The Morgan fingerprint density at radius 2 is 1.80 bits per heavy atom. The number of morpholine rings is 1. The molecule has 0 aromatic rings. The summed E-state index contributed by atoms with van der Waals surface area (Å²) in [5.41, 5.74) is 0. The summed E-state index contributed by atoms with van der Waals surface area (Å²) in [7, 11) is 0. The van der Waals surface area contributed by atoms with Crippen molar-refractivity contribution in [2.45, 2.75) is 6.42 Å².